The van der Waals surface area contributed by atoms with Gasteiger partial charge in [-0.15, -0.1) is 0 Å². The highest BCUT2D eigenvalue weighted by Gasteiger charge is 2.37. The molecule has 3 atom stereocenters. The predicted molar refractivity (Wildman–Crippen MR) is 92.4 cm³/mol. The molecular formula is C19H24N4O3. The molecule has 1 saturated heterocycles. The van der Waals surface area contributed by atoms with Crippen LogP contribution in [0.15, 0.2) is 21.1 Å². The zero-order chi connectivity index (χ0) is 17.7. The highest BCUT2D eigenvalue weighted by Crippen LogP contribution is 2.47. The lowest BCUT2D eigenvalue weighted by Gasteiger charge is -2.19. The number of aromatic nitrogens is 2. The molecule has 0 bridgehead atoms. The van der Waals surface area contributed by atoms with Gasteiger partial charge in [0.05, 0.1) is 12.6 Å². The molecule has 1 aliphatic heterocycles. The smallest absolute Gasteiger partial charge is 0.292 e. The second-order valence-corrected chi connectivity index (χ2v) is 7.96. The minimum atomic E-state index is -0.235. The maximum atomic E-state index is 12.1. The molecule has 3 heterocycles. The van der Waals surface area contributed by atoms with Gasteiger partial charge in [0.25, 0.3) is 11.7 Å². The Balaban J connectivity index is 1.26. The van der Waals surface area contributed by atoms with Crippen molar-refractivity contribution < 1.29 is 13.7 Å². The molecule has 7 nitrogen and oxygen atoms in total. The molecular weight excluding hydrogens is 332 g/mol. The molecule has 3 fully saturated rings. The predicted octanol–water partition coefficient (Wildman–Crippen LogP) is 3.02. The largest absolute Gasteiger partial charge is 0.464 e. The van der Waals surface area contributed by atoms with E-state index >= 15 is 0 Å². The monoisotopic (exact) mass is 356 g/mol. The molecule has 1 amide bonds. The summed E-state index contributed by atoms with van der Waals surface area (Å²) >= 11 is 0. The van der Waals surface area contributed by atoms with Crippen LogP contribution in [0.2, 0.25) is 0 Å². The maximum Gasteiger partial charge on any atom is 0.292 e. The second-order valence-electron chi connectivity index (χ2n) is 7.96. The molecule has 0 aromatic carbocycles. The molecule has 2 aromatic heterocycles. The van der Waals surface area contributed by atoms with Gasteiger partial charge in [0.2, 0.25) is 5.89 Å². The summed E-state index contributed by atoms with van der Waals surface area (Å²) in [7, 11) is 0. The Morgan fingerprint density at radius 2 is 2.19 bits per heavy atom. The van der Waals surface area contributed by atoms with Crippen LogP contribution < -0.4 is 5.32 Å². The topological polar surface area (TPSA) is 84.4 Å². The summed E-state index contributed by atoms with van der Waals surface area (Å²) in [5.41, 5.74) is 0. The fourth-order valence-corrected chi connectivity index (χ4v) is 3.83. The zero-order valence-corrected chi connectivity index (χ0v) is 15.0. The van der Waals surface area contributed by atoms with Crippen molar-refractivity contribution in [1.82, 2.24) is 20.4 Å². The highest BCUT2D eigenvalue weighted by molar-refractivity contribution is 5.90. The van der Waals surface area contributed by atoms with Crippen molar-refractivity contribution in [2.24, 2.45) is 5.92 Å². The van der Waals surface area contributed by atoms with Gasteiger partial charge < -0.3 is 14.3 Å². The lowest BCUT2D eigenvalue weighted by atomic mass is 10.2. The first-order chi connectivity index (χ1) is 12.7. The summed E-state index contributed by atoms with van der Waals surface area (Å²) in [4.78, 5) is 18.7. The Labute approximate surface area is 152 Å². The van der Waals surface area contributed by atoms with Crippen LogP contribution >= 0.6 is 0 Å². The van der Waals surface area contributed by atoms with E-state index in [2.05, 4.69) is 39.4 Å². The van der Waals surface area contributed by atoms with E-state index in [1.54, 1.807) is 0 Å². The summed E-state index contributed by atoms with van der Waals surface area (Å²) in [6, 6.07) is 4.53. The van der Waals surface area contributed by atoms with Gasteiger partial charge in [0.15, 0.2) is 0 Å². The molecule has 138 valence electrons. The van der Waals surface area contributed by atoms with Gasteiger partial charge in [-0.3, -0.25) is 9.69 Å². The standard InChI is InChI=1S/C19H24N4O3/c1-11-9-14(11)16-7-6-13(25-16)10-23-8-2-3-15(23)19-21-17(22-26-19)18(24)20-12-4-5-12/h6-7,11-12,14-15H,2-5,8-10H2,1H3,(H,20,24)/t11-,14-,15-/m1/s1. The van der Waals surface area contributed by atoms with Crippen molar-refractivity contribution in [2.75, 3.05) is 6.54 Å². The lowest BCUT2D eigenvalue weighted by Crippen LogP contribution is -2.26. The van der Waals surface area contributed by atoms with Crippen molar-refractivity contribution in [3.8, 4) is 0 Å². The van der Waals surface area contributed by atoms with Crippen LogP contribution in [0.3, 0.4) is 0 Å². The number of carbonyl (C=O) groups excluding carboxylic acids is 1. The van der Waals surface area contributed by atoms with Crippen LogP contribution in [-0.4, -0.2) is 33.5 Å². The van der Waals surface area contributed by atoms with E-state index in [0.717, 1.165) is 56.2 Å². The molecule has 1 N–H and O–H groups in total. The van der Waals surface area contributed by atoms with E-state index in [1.165, 1.54) is 6.42 Å². The number of nitrogens with one attached hydrogen (secondary N) is 1. The SMILES string of the molecule is C[C@@H]1C[C@H]1c1ccc(CN2CCC[C@@H]2c2nc(C(=O)NC3CC3)no2)o1. The first-order valence-corrected chi connectivity index (χ1v) is 9.64. The van der Waals surface area contributed by atoms with Crippen molar-refractivity contribution in [3.05, 3.63) is 35.4 Å². The molecule has 2 saturated carbocycles. The van der Waals surface area contributed by atoms with Gasteiger partial charge in [-0.2, -0.15) is 4.98 Å². The molecule has 2 aliphatic carbocycles. The fraction of sp³-hybridized carbons (Fsp3) is 0.632. The van der Waals surface area contributed by atoms with Crippen LogP contribution in [0.25, 0.3) is 0 Å². The van der Waals surface area contributed by atoms with Crippen molar-refractivity contribution in [1.29, 1.82) is 0 Å². The van der Waals surface area contributed by atoms with Gasteiger partial charge >= 0.3 is 0 Å². The van der Waals surface area contributed by atoms with Crippen LogP contribution in [-0.2, 0) is 6.54 Å². The number of nitrogens with zero attached hydrogens (tertiary/aromatic N) is 3. The maximum absolute atomic E-state index is 12.1. The van der Waals surface area contributed by atoms with Crippen molar-refractivity contribution in [2.45, 2.75) is 63.6 Å². The van der Waals surface area contributed by atoms with Crippen LogP contribution in [0, 0.1) is 5.92 Å². The number of furan rings is 1. The number of likely N-dealkylation sites (tertiary alicyclic amines) is 1. The summed E-state index contributed by atoms with van der Waals surface area (Å²) in [5.74, 6) is 3.88. The van der Waals surface area contributed by atoms with Crippen LogP contribution in [0.4, 0.5) is 0 Å². The van der Waals surface area contributed by atoms with Gasteiger partial charge in [-0.25, -0.2) is 0 Å². The van der Waals surface area contributed by atoms with Gasteiger partial charge in [-0.1, -0.05) is 12.1 Å². The molecule has 7 heteroatoms. The van der Waals surface area contributed by atoms with Crippen molar-refractivity contribution in [3.63, 3.8) is 0 Å². The summed E-state index contributed by atoms with van der Waals surface area (Å²) in [6.07, 6.45) is 5.34. The van der Waals surface area contributed by atoms with E-state index in [4.69, 9.17) is 8.94 Å². The molecule has 0 spiro atoms. The first-order valence-electron chi connectivity index (χ1n) is 9.64. The summed E-state index contributed by atoms with van der Waals surface area (Å²) in [6.45, 7) is 3.96. The Morgan fingerprint density at radius 1 is 1.35 bits per heavy atom. The highest BCUT2D eigenvalue weighted by atomic mass is 16.5. The minimum absolute atomic E-state index is 0.0540. The Bertz CT molecular complexity index is 809. The average molecular weight is 356 g/mol. The quantitative estimate of drug-likeness (QED) is 0.856. The summed E-state index contributed by atoms with van der Waals surface area (Å²) < 4.78 is 11.5. The molecule has 3 aliphatic rings. The van der Waals surface area contributed by atoms with Crippen LogP contribution in [0.5, 0.6) is 0 Å². The third-order valence-corrected chi connectivity index (χ3v) is 5.72. The summed E-state index contributed by atoms with van der Waals surface area (Å²) in [5, 5.41) is 6.77. The number of amides is 1. The minimum Gasteiger partial charge on any atom is -0.464 e. The van der Waals surface area contributed by atoms with Gasteiger partial charge in [0, 0.05) is 12.0 Å². The van der Waals surface area contributed by atoms with E-state index < -0.39 is 0 Å². The Morgan fingerprint density at radius 3 is 2.96 bits per heavy atom. The van der Waals surface area contributed by atoms with E-state index in [9.17, 15) is 4.79 Å². The van der Waals surface area contributed by atoms with Crippen molar-refractivity contribution >= 4 is 5.91 Å². The Kier molecular flexibility index (Phi) is 3.85. The molecule has 0 radical (unpaired) electrons. The zero-order valence-electron chi connectivity index (χ0n) is 15.0. The first kappa shape index (κ1) is 16.1. The van der Waals surface area contributed by atoms with Gasteiger partial charge in [0.1, 0.15) is 11.5 Å². The number of hydrogen-bond donors (Lipinski definition) is 1. The fourth-order valence-electron chi connectivity index (χ4n) is 3.83. The number of carbonyl (C=O) groups is 1. The van der Waals surface area contributed by atoms with E-state index in [1.807, 2.05) is 0 Å². The van der Waals surface area contributed by atoms with E-state index in [0.29, 0.717) is 11.8 Å². The third kappa shape index (κ3) is 3.16. The molecule has 26 heavy (non-hydrogen) atoms. The second kappa shape index (κ2) is 6.23. The normalized spacial score (nSPS) is 28.4. The lowest BCUT2D eigenvalue weighted by molar-refractivity contribution is 0.0937. The van der Waals surface area contributed by atoms with Crippen LogP contribution in [0.1, 0.15) is 79.0 Å². The molecule has 0 unspecified atom stereocenters. The van der Waals surface area contributed by atoms with E-state index in [-0.39, 0.29) is 23.8 Å². The Hall–Kier alpha value is -2.15. The number of rotatable bonds is 6. The van der Waals surface area contributed by atoms with Gasteiger partial charge in [-0.05, 0) is 56.7 Å². The third-order valence-electron chi connectivity index (χ3n) is 5.72. The average Bonchev–Trinajstić information content (AvgIpc) is 3.37. The molecule has 5 rings (SSSR count). The molecule has 2 aromatic rings. The number of hydrogen-bond acceptors (Lipinski definition) is 6.